The van der Waals surface area contributed by atoms with Gasteiger partial charge in [0.1, 0.15) is 6.10 Å². The van der Waals surface area contributed by atoms with Gasteiger partial charge < -0.3 is 9.47 Å². The molecular weight excluding hydrogens is 275 g/mol. The Kier molecular flexibility index (Phi) is 4.22. The molecule has 1 aromatic rings. The van der Waals surface area contributed by atoms with Crippen LogP contribution in [0.3, 0.4) is 0 Å². The van der Waals surface area contributed by atoms with Crippen molar-refractivity contribution in [2.45, 2.75) is 44.3 Å². The summed E-state index contributed by atoms with van der Waals surface area (Å²) in [5, 5.41) is 0. The number of halogens is 1. The molecule has 0 N–H and O–H groups in total. The zero-order chi connectivity index (χ0) is 14.0. The van der Waals surface area contributed by atoms with Crippen LogP contribution in [0, 0.1) is 12.7 Å². The van der Waals surface area contributed by atoms with Crippen molar-refractivity contribution in [2.75, 3.05) is 18.1 Å². The van der Waals surface area contributed by atoms with E-state index in [1.54, 1.807) is 12.1 Å². The minimum absolute atomic E-state index is 0.0194. The average molecular weight is 296 g/mol. The number of thioether (sulfide) groups is 1. The molecule has 2 fully saturated rings. The largest absolute Gasteiger partial charge is 0.487 e. The summed E-state index contributed by atoms with van der Waals surface area (Å²) in [7, 11) is 0. The zero-order valence-electron chi connectivity index (χ0n) is 11.9. The van der Waals surface area contributed by atoms with Crippen LogP contribution in [0.25, 0.3) is 0 Å². The van der Waals surface area contributed by atoms with Gasteiger partial charge in [0.25, 0.3) is 0 Å². The Hall–Kier alpha value is -0.740. The van der Waals surface area contributed by atoms with E-state index in [1.165, 1.54) is 6.07 Å². The Morgan fingerprint density at radius 2 is 2.15 bits per heavy atom. The first kappa shape index (κ1) is 14.2. The molecule has 0 aromatic heterocycles. The highest BCUT2D eigenvalue weighted by Crippen LogP contribution is 2.38. The van der Waals surface area contributed by atoms with Crippen molar-refractivity contribution in [1.29, 1.82) is 0 Å². The Morgan fingerprint density at radius 1 is 1.35 bits per heavy atom. The Morgan fingerprint density at radius 3 is 2.95 bits per heavy atom. The summed E-state index contributed by atoms with van der Waals surface area (Å²) < 4.78 is 25.8. The molecule has 3 rings (SSSR count). The summed E-state index contributed by atoms with van der Waals surface area (Å²) in [6.07, 6.45) is 3.99. The highest BCUT2D eigenvalue weighted by atomic mass is 32.2. The summed E-state index contributed by atoms with van der Waals surface area (Å²) in [6.45, 7) is 2.68. The molecule has 0 radical (unpaired) electrons. The molecule has 2 saturated heterocycles. The van der Waals surface area contributed by atoms with Gasteiger partial charge in [0.05, 0.1) is 12.2 Å². The van der Waals surface area contributed by atoms with E-state index in [2.05, 4.69) is 0 Å². The van der Waals surface area contributed by atoms with Crippen molar-refractivity contribution in [3.63, 3.8) is 0 Å². The highest BCUT2D eigenvalue weighted by Gasteiger charge is 2.39. The van der Waals surface area contributed by atoms with E-state index in [9.17, 15) is 4.39 Å². The SMILES string of the molecule is Cc1ccc(F)c(OC2CCOC3(CCSCC3)C2)c1. The van der Waals surface area contributed by atoms with Gasteiger partial charge in [-0.25, -0.2) is 4.39 Å². The van der Waals surface area contributed by atoms with Crippen LogP contribution in [0.5, 0.6) is 5.75 Å². The van der Waals surface area contributed by atoms with Gasteiger partial charge in [-0.15, -0.1) is 0 Å². The Balaban J connectivity index is 1.69. The normalized spacial score (nSPS) is 25.6. The molecule has 2 nitrogen and oxygen atoms in total. The topological polar surface area (TPSA) is 18.5 Å². The van der Waals surface area contributed by atoms with Gasteiger partial charge in [-0.1, -0.05) is 6.07 Å². The van der Waals surface area contributed by atoms with E-state index in [1.807, 2.05) is 18.7 Å². The standard InChI is InChI=1S/C16H21FO2S/c1-12-2-3-14(17)15(10-12)19-13-4-7-18-16(11-13)5-8-20-9-6-16/h2-3,10,13H,4-9,11H2,1H3. The van der Waals surface area contributed by atoms with Crippen LogP contribution in [-0.2, 0) is 4.74 Å². The van der Waals surface area contributed by atoms with Crippen molar-refractivity contribution < 1.29 is 13.9 Å². The maximum Gasteiger partial charge on any atom is 0.165 e. The molecule has 110 valence electrons. The second-order valence-electron chi connectivity index (χ2n) is 5.81. The number of ether oxygens (including phenoxy) is 2. The fourth-order valence-corrected chi connectivity index (χ4v) is 4.29. The van der Waals surface area contributed by atoms with Crippen molar-refractivity contribution in [3.05, 3.63) is 29.6 Å². The summed E-state index contributed by atoms with van der Waals surface area (Å²) in [6, 6.07) is 5.04. The van der Waals surface area contributed by atoms with E-state index in [4.69, 9.17) is 9.47 Å². The first-order chi connectivity index (χ1) is 9.67. The smallest absolute Gasteiger partial charge is 0.165 e. The van der Waals surface area contributed by atoms with Crippen molar-refractivity contribution in [2.24, 2.45) is 0 Å². The van der Waals surface area contributed by atoms with E-state index in [0.717, 1.165) is 49.4 Å². The van der Waals surface area contributed by atoms with Crippen LogP contribution in [-0.4, -0.2) is 29.8 Å². The third-order valence-electron chi connectivity index (χ3n) is 4.23. The number of hydrogen-bond donors (Lipinski definition) is 0. The molecule has 1 atom stereocenters. The summed E-state index contributed by atoms with van der Waals surface area (Å²) in [5.74, 6) is 2.43. The van der Waals surface area contributed by atoms with Crippen LogP contribution >= 0.6 is 11.8 Å². The van der Waals surface area contributed by atoms with Gasteiger partial charge in [0.2, 0.25) is 0 Å². The quantitative estimate of drug-likeness (QED) is 0.823. The maximum atomic E-state index is 13.8. The van der Waals surface area contributed by atoms with Gasteiger partial charge in [0.15, 0.2) is 11.6 Å². The predicted octanol–water partition coefficient (Wildman–Crippen LogP) is 3.96. The molecule has 1 aromatic carbocycles. The Bertz CT molecular complexity index is 466. The summed E-state index contributed by atoms with van der Waals surface area (Å²) in [4.78, 5) is 0. The van der Waals surface area contributed by atoms with E-state index >= 15 is 0 Å². The number of rotatable bonds is 2. The fraction of sp³-hybridized carbons (Fsp3) is 0.625. The van der Waals surface area contributed by atoms with E-state index in [-0.39, 0.29) is 17.5 Å². The molecule has 0 bridgehead atoms. The fourth-order valence-electron chi connectivity index (χ4n) is 3.06. The van der Waals surface area contributed by atoms with E-state index < -0.39 is 0 Å². The number of aryl methyl sites for hydroxylation is 1. The average Bonchev–Trinajstić information content (AvgIpc) is 2.44. The summed E-state index contributed by atoms with van der Waals surface area (Å²) in [5.41, 5.74) is 1.01. The highest BCUT2D eigenvalue weighted by molar-refractivity contribution is 7.99. The Labute approximate surface area is 124 Å². The molecule has 0 amide bonds. The minimum Gasteiger partial charge on any atom is -0.487 e. The molecule has 1 spiro atoms. The second-order valence-corrected chi connectivity index (χ2v) is 7.04. The third-order valence-corrected chi connectivity index (χ3v) is 5.22. The molecular formula is C16H21FO2S. The number of hydrogen-bond acceptors (Lipinski definition) is 3. The molecule has 20 heavy (non-hydrogen) atoms. The first-order valence-corrected chi connectivity index (χ1v) is 8.47. The molecule has 4 heteroatoms. The van der Waals surface area contributed by atoms with Crippen molar-refractivity contribution in [3.8, 4) is 5.75 Å². The molecule has 0 saturated carbocycles. The van der Waals surface area contributed by atoms with Crippen molar-refractivity contribution >= 4 is 11.8 Å². The van der Waals surface area contributed by atoms with Gasteiger partial charge >= 0.3 is 0 Å². The molecule has 0 aliphatic carbocycles. The predicted molar refractivity (Wildman–Crippen MR) is 80.0 cm³/mol. The van der Waals surface area contributed by atoms with Crippen molar-refractivity contribution in [1.82, 2.24) is 0 Å². The van der Waals surface area contributed by atoms with Crippen LogP contribution in [0.2, 0.25) is 0 Å². The first-order valence-electron chi connectivity index (χ1n) is 7.31. The lowest BCUT2D eigenvalue weighted by molar-refractivity contribution is -0.116. The van der Waals surface area contributed by atoms with Gasteiger partial charge in [0, 0.05) is 12.8 Å². The van der Waals surface area contributed by atoms with E-state index in [0.29, 0.717) is 5.75 Å². The molecule has 2 heterocycles. The molecule has 2 aliphatic heterocycles. The lowest BCUT2D eigenvalue weighted by Crippen LogP contribution is -2.46. The molecule has 2 aliphatic rings. The lowest BCUT2D eigenvalue weighted by Gasteiger charge is -2.43. The molecule has 1 unspecified atom stereocenters. The second kappa shape index (κ2) is 5.94. The van der Waals surface area contributed by atoms with Gasteiger partial charge in [-0.2, -0.15) is 11.8 Å². The van der Waals surface area contributed by atoms with Gasteiger partial charge in [-0.3, -0.25) is 0 Å². The zero-order valence-corrected chi connectivity index (χ0v) is 12.7. The maximum absolute atomic E-state index is 13.8. The number of benzene rings is 1. The monoisotopic (exact) mass is 296 g/mol. The lowest BCUT2D eigenvalue weighted by atomic mass is 9.86. The summed E-state index contributed by atoms with van der Waals surface area (Å²) >= 11 is 1.99. The van der Waals surface area contributed by atoms with Crippen LogP contribution < -0.4 is 4.74 Å². The van der Waals surface area contributed by atoms with Crippen LogP contribution in [0.15, 0.2) is 18.2 Å². The van der Waals surface area contributed by atoms with Crippen LogP contribution in [0.4, 0.5) is 4.39 Å². The van der Waals surface area contributed by atoms with Crippen LogP contribution in [0.1, 0.15) is 31.2 Å². The minimum atomic E-state index is -0.268. The third kappa shape index (κ3) is 3.12. The van der Waals surface area contributed by atoms with Gasteiger partial charge in [-0.05, 0) is 49.0 Å².